The van der Waals surface area contributed by atoms with Gasteiger partial charge in [-0.3, -0.25) is 19.2 Å². The number of carboxylic acids is 1. The molecule has 11 heteroatoms. The lowest BCUT2D eigenvalue weighted by atomic mass is 10.0. The van der Waals surface area contributed by atoms with Crippen molar-refractivity contribution in [2.24, 2.45) is 5.92 Å². The van der Waals surface area contributed by atoms with Crippen molar-refractivity contribution in [3.8, 4) is 0 Å². The minimum absolute atomic E-state index is 0.0543. The molecule has 0 unspecified atom stereocenters. The molecule has 1 aliphatic heterocycles. The summed E-state index contributed by atoms with van der Waals surface area (Å²) in [7, 11) is 0. The first-order valence-electron chi connectivity index (χ1n) is 11.7. The third-order valence-electron chi connectivity index (χ3n) is 5.54. The molecule has 0 aromatic heterocycles. The highest BCUT2D eigenvalue weighted by Gasteiger charge is 2.36. The molecule has 1 heterocycles. The van der Waals surface area contributed by atoms with Crippen LogP contribution in [-0.4, -0.2) is 71.0 Å². The van der Waals surface area contributed by atoms with E-state index < -0.39 is 47.9 Å². The fraction of sp³-hybridized carbons (Fsp3) is 0.542. The van der Waals surface area contributed by atoms with Crippen molar-refractivity contribution in [1.82, 2.24) is 20.9 Å². The van der Waals surface area contributed by atoms with Crippen molar-refractivity contribution < 1.29 is 33.8 Å². The number of nitrogens with one attached hydrogen (secondary N) is 3. The van der Waals surface area contributed by atoms with Gasteiger partial charge >= 0.3 is 12.1 Å². The molecule has 0 bridgehead atoms. The summed E-state index contributed by atoms with van der Waals surface area (Å²) in [6.45, 7) is 5.17. The number of alkyl carbamates (subject to hydrolysis) is 1. The Morgan fingerprint density at radius 3 is 2.40 bits per heavy atom. The van der Waals surface area contributed by atoms with Gasteiger partial charge in [-0.1, -0.05) is 44.2 Å². The molecule has 4 amide bonds. The van der Waals surface area contributed by atoms with Crippen LogP contribution in [-0.2, 0) is 30.5 Å². The average Bonchev–Trinajstić information content (AvgIpc) is 3.31. The molecular weight excluding hydrogens is 456 g/mol. The van der Waals surface area contributed by atoms with Crippen molar-refractivity contribution in [3.05, 3.63) is 35.9 Å². The molecule has 35 heavy (non-hydrogen) atoms. The van der Waals surface area contributed by atoms with E-state index in [1.54, 1.807) is 12.1 Å². The predicted octanol–water partition coefficient (Wildman–Crippen LogP) is 1.02. The van der Waals surface area contributed by atoms with Gasteiger partial charge in [0.2, 0.25) is 17.7 Å². The van der Waals surface area contributed by atoms with Gasteiger partial charge in [-0.25, -0.2) is 4.79 Å². The standard InChI is InChI=1S/C24H34N4O7/c1-15(2)12-18(21(30)26-16(3)23(32)33)27-22(31)19-10-7-11-28(19)20(29)13-25-24(34)35-14-17-8-5-4-6-9-17/h4-6,8-9,15-16,18-19H,7,10-14H2,1-3H3,(H,25,34)(H,26,30)(H,27,31)(H,32,33)/t16-,18+,19+/m1/s1. The smallest absolute Gasteiger partial charge is 0.407 e. The van der Waals surface area contributed by atoms with Crippen molar-refractivity contribution in [3.63, 3.8) is 0 Å². The molecule has 1 fully saturated rings. The molecule has 1 aromatic carbocycles. The predicted molar refractivity (Wildman–Crippen MR) is 126 cm³/mol. The highest BCUT2D eigenvalue weighted by Crippen LogP contribution is 2.18. The second-order valence-electron chi connectivity index (χ2n) is 8.92. The van der Waals surface area contributed by atoms with E-state index in [0.717, 1.165) is 5.56 Å². The molecule has 1 saturated heterocycles. The number of amides is 4. The van der Waals surface area contributed by atoms with E-state index in [2.05, 4.69) is 16.0 Å². The van der Waals surface area contributed by atoms with Gasteiger partial charge in [0.15, 0.2) is 0 Å². The van der Waals surface area contributed by atoms with Gasteiger partial charge in [0.25, 0.3) is 0 Å². The summed E-state index contributed by atoms with van der Waals surface area (Å²) in [6.07, 6.45) is 0.569. The van der Waals surface area contributed by atoms with Crippen LogP contribution in [0.2, 0.25) is 0 Å². The number of nitrogens with zero attached hydrogens (tertiary/aromatic N) is 1. The first-order chi connectivity index (χ1) is 16.6. The van der Waals surface area contributed by atoms with E-state index in [0.29, 0.717) is 25.8 Å². The van der Waals surface area contributed by atoms with Crippen molar-refractivity contribution >= 4 is 29.8 Å². The molecule has 0 radical (unpaired) electrons. The fourth-order valence-electron chi connectivity index (χ4n) is 3.71. The zero-order valence-electron chi connectivity index (χ0n) is 20.3. The largest absolute Gasteiger partial charge is 0.480 e. The van der Waals surface area contributed by atoms with Crippen LogP contribution in [0.1, 0.15) is 45.6 Å². The van der Waals surface area contributed by atoms with E-state index >= 15 is 0 Å². The average molecular weight is 491 g/mol. The van der Waals surface area contributed by atoms with Crippen LogP contribution in [0.3, 0.4) is 0 Å². The SMILES string of the molecule is CC(C)C[C@H](NC(=O)[C@@H]1CCCN1C(=O)CNC(=O)OCc1ccccc1)C(=O)N[C@H](C)C(=O)O. The maximum absolute atomic E-state index is 13.0. The second-order valence-corrected chi connectivity index (χ2v) is 8.92. The number of carbonyl (C=O) groups is 5. The number of hydrogen-bond donors (Lipinski definition) is 4. The Morgan fingerprint density at radius 1 is 1.09 bits per heavy atom. The van der Waals surface area contributed by atoms with Crippen LogP contribution in [0.5, 0.6) is 0 Å². The van der Waals surface area contributed by atoms with Crippen molar-refractivity contribution in [2.75, 3.05) is 13.1 Å². The highest BCUT2D eigenvalue weighted by atomic mass is 16.5. The maximum atomic E-state index is 13.0. The summed E-state index contributed by atoms with van der Waals surface area (Å²) < 4.78 is 5.09. The zero-order chi connectivity index (χ0) is 26.0. The molecule has 11 nitrogen and oxygen atoms in total. The summed E-state index contributed by atoms with van der Waals surface area (Å²) >= 11 is 0. The van der Waals surface area contributed by atoms with Crippen LogP contribution in [0, 0.1) is 5.92 Å². The highest BCUT2D eigenvalue weighted by molar-refractivity contribution is 5.94. The van der Waals surface area contributed by atoms with E-state index in [1.165, 1.54) is 11.8 Å². The van der Waals surface area contributed by atoms with E-state index in [4.69, 9.17) is 9.84 Å². The van der Waals surface area contributed by atoms with Gasteiger partial charge in [0.1, 0.15) is 31.3 Å². The number of ether oxygens (including phenoxy) is 1. The molecule has 192 valence electrons. The number of carboxylic acid groups (broad SMARTS) is 1. The fourth-order valence-corrected chi connectivity index (χ4v) is 3.71. The molecule has 4 N–H and O–H groups in total. The van der Waals surface area contributed by atoms with Gasteiger partial charge in [0, 0.05) is 6.54 Å². The number of likely N-dealkylation sites (tertiary alicyclic amines) is 1. The Hall–Kier alpha value is -3.63. The van der Waals surface area contributed by atoms with Crippen LogP contribution >= 0.6 is 0 Å². The third-order valence-corrected chi connectivity index (χ3v) is 5.54. The summed E-state index contributed by atoms with van der Waals surface area (Å²) in [6, 6.07) is 6.27. The summed E-state index contributed by atoms with van der Waals surface area (Å²) in [4.78, 5) is 62.6. The Kier molecular flexibility index (Phi) is 10.5. The minimum Gasteiger partial charge on any atom is -0.480 e. The number of aliphatic carboxylic acids is 1. The Morgan fingerprint density at radius 2 is 1.77 bits per heavy atom. The van der Waals surface area contributed by atoms with Gasteiger partial charge in [-0.05, 0) is 37.7 Å². The number of hydrogen-bond acceptors (Lipinski definition) is 6. The maximum Gasteiger partial charge on any atom is 0.407 e. The first-order valence-corrected chi connectivity index (χ1v) is 11.7. The molecule has 0 saturated carbocycles. The first kappa shape index (κ1) is 27.6. The van der Waals surface area contributed by atoms with Crippen LogP contribution in [0.4, 0.5) is 4.79 Å². The molecule has 3 atom stereocenters. The molecule has 1 aromatic rings. The molecular formula is C24H34N4O7. The molecule has 1 aliphatic rings. The van der Waals surface area contributed by atoms with Gasteiger partial charge in [0.05, 0.1) is 0 Å². The number of benzene rings is 1. The van der Waals surface area contributed by atoms with Gasteiger partial charge in [-0.15, -0.1) is 0 Å². The topological polar surface area (TPSA) is 154 Å². The molecule has 2 rings (SSSR count). The minimum atomic E-state index is -1.18. The molecule has 0 aliphatic carbocycles. The Bertz CT molecular complexity index is 906. The van der Waals surface area contributed by atoms with E-state index in [9.17, 15) is 24.0 Å². The molecule has 0 spiro atoms. The number of carbonyl (C=O) groups excluding carboxylic acids is 4. The normalized spacial score (nSPS) is 16.8. The lowest BCUT2D eigenvalue weighted by Crippen LogP contribution is -2.55. The quantitative estimate of drug-likeness (QED) is 0.361. The zero-order valence-corrected chi connectivity index (χ0v) is 20.3. The summed E-state index contributed by atoms with van der Waals surface area (Å²) in [5.74, 6) is -2.66. The van der Waals surface area contributed by atoms with Crippen molar-refractivity contribution in [2.45, 2.75) is 64.8 Å². The number of rotatable bonds is 11. The third kappa shape index (κ3) is 8.91. The van der Waals surface area contributed by atoms with Crippen LogP contribution in [0.15, 0.2) is 30.3 Å². The summed E-state index contributed by atoms with van der Waals surface area (Å²) in [5.41, 5.74) is 0.808. The van der Waals surface area contributed by atoms with Crippen LogP contribution in [0.25, 0.3) is 0 Å². The van der Waals surface area contributed by atoms with Crippen molar-refractivity contribution in [1.29, 1.82) is 0 Å². The van der Waals surface area contributed by atoms with E-state index in [1.807, 2.05) is 32.0 Å². The van der Waals surface area contributed by atoms with E-state index in [-0.39, 0.29) is 19.1 Å². The Balaban J connectivity index is 1.90. The Labute approximate surface area is 204 Å². The lowest BCUT2D eigenvalue weighted by molar-refractivity contribution is -0.142. The lowest BCUT2D eigenvalue weighted by Gasteiger charge is -2.27. The second kappa shape index (κ2) is 13.3. The van der Waals surface area contributed by atoms with Crippen LogP contribution < -0.4 is 16.0 Å². The van der Waals surface area contributed by atoms with Gasteiger partial charge in [-0.2, -0.15) is 0 Å². The monoisotopic (exact) mass is 490 g/mol. The van der Waals surface area contributed by atoms with Gasteiger partial charge < -0.3 is 30.7 Å². The summed E-state index contributed by atoms with van der Waals surface area (Å²) in [5, 5.41) is 16.5.